The fraction of sp³-hybridized carbons (Fsp3) is 0.375. The lowest BCUT2D eigenvalue weighted by atomic mass is 10.00. The summed E-state index contributed by atoms with van der Waals surface area (Å²) in [5.41, 5.74) is 2.41. The first-order valence-electron chi connectivity index (χ1n) is 13.9. The van der Waals surface area contributed by atoms with Crippen LogP contribution in [0.1, 0.15) is 37.5 Å². The molecule has 3 aromatic rings. The fourth-order valence-electron chi connectivity index (χ4n) is 4.78. The smallest absolute Gasteiger partial charge is 0.244 e. The molecule has 0 saturated carbocycles. The Morgan fingerprint density at radius 2 is 1.57 bits per heavy atom. The third kappa shape index (κ3) is 8.03. The van der Waals surface area contributed by atoms with Crippen molar-refractivity contribution in [3.05, 3.63) is 89.5 Å². The van der Waals surface area contributed by atoms with Crippen molar-refractivity contribution in [2.24, 2.45) is 0 Å². The molecule has 0 spiro atoms. The number of fused-ring (bicyclic) bond motifs is 1. The second kappa shape index (κ2) is 12.9. The summed E-state index contributed by atoms with van der Waals surface area (Å²) in [6.45, 7) is 7.94. The number of nitrogens with zero attached hydrogens (tertiary/aromatic N) is 2. The van der Waals surface area contributed by atoms with Crippen LogP contribution in [-0.4, -0.2) is 62.7 Å². The summed E-state index contributed by atoms with van der Waals surface area (Å²) < 4.78 is 38.4. The summed E-state index contributed by atoms with van der Waals surface area (Å²) in [4.78, 5) is 29.6. The van der Waals surface area contributed by atoms with E-state index >= 15 is 0 Å². The van der Waals surface area contributed by atoms with Gasteiger partial charge in [0.2, 0.25) is 21.8 Å². The van der Waals surface area contributed by atoms with Gasteiger partial charge in [0.25, 0.3) is 0 Å². The van der Waals surface area contributed by atoms with E-state index in [1.54, 1.807) is 18.2 Å². The van der Waals surface area contributed by atoms with Crippen LogP contribution in [0.5, 0.6) is 11.5 Å². The van der Waals surface area contributed by atoms with Gasteiger partial charge in [-0.3, -0.25) is 13.9 Å². The highest BCUT2D eigenvalue weighted by Gasteiger charge is 2.34. The maximum atomic E-state index is 14.3. The number of nitrogens with one attached hydrogen (secondary N) is 1. The standard InChI is InChI=1S/C32H39N3O6S/c1-23-11-9-10-14-25(23)21-34(27(31(37)33-32(2,3)4)19-24-12-7-6-8-13-24)30(36)22-35(42(5,38)39)26-15-16-28-29(20-26)41-18-17-40-28/h6-16,20,27H,17-19,21-22H2,1-5H3,(H,33,37)/t27-/m0/s1. The first kappa shape index (κ1) is 30.9. The Hall–Kier alpha value is -4.05. The summed E-state index contributed by atoms with van der Waals surface area (Å²) in [5, 5.41) is 3.03. The number of sulfonamides is 1. The molecule has 0 aromatic heterocycles. The van der Waals surface area contributed by atoms with E-state index in [0.717, 1.165) is 27.3 Å². The molecule has 42 heavy (non-hydrogen) atoms. The predicted octanol–water partition coefficient (Wildman–Crippen LogP) is 4.09. The Morgan fingerprint density at radius 3 is 2.21 bits per heavy atom. The monoisotopic (exact) mass is 593 g/mol. The van der Waals surface area contributed by atoms with Gasteiger partial charge in [0, 0.05) is 24.6 Å². The maximum absolute atomic E-state index is 14.3. The molecule has 3 aromatic carbocycles. The lowest BCUT2D eigenvalue weighted by Crippen LogP contribution is -2.56. The molecule has 1 atom stereocenters. The normalized spacial score (nSPS) is 13.6. The topological polar surface area (TPSA) is 105 Å². The average molecular weight is 594 g/mol. The minimum absolute atomic E-state index is 0.124. The highest BCUT2D eigenvalue weighted by atomic mass is 32.2. The van der Waals surface area contributed by atoms with Crippen molar-refractivity contribution in [2.45, 2.75) is 52.2 Å². The summed E-state index contributed by atoms with van der Waals surface area (Å²) in [7, 11) is -3.90. The van der Waals surface area contributed by atoms with Gasteiger partial charge in [-0.15, -0.1) is 0 Å². The van der Waals surface area contributed by atoms with E-state index in [1.807, 2.05) is 82.3 Å². The van der Waals surface area contributed by atoms with Crippen LogP contribution in [0.15, 0.2) is 72.8 Å². The molecule has 0 saturated heterocycles. The second-order valence-electron chi connectivity index (χ2n) is 11.5. The average Bonchev–Trinajstić information content (AvgIpc) is 2.93. The molecule has 1 heterocycles. The molecule has 0 unspecified atom stereocenters. The lowest BCUT2D eigenvalue weighted by Gasteiger charge is -2.35. The summed E-state index contributed by atoms with van der Waals surface area (Å²) in [6, 6.07) is 21.0. The summed E-state index contributed by atoms with van der Waals surface area (Å²) in [6.07, 6.45) is 1.31. The van der Waals surface area contributed by atoms with Crippen LogP contribution in [0.3, 0.4) is 0 Å². The van der Waals surface area contributed by atoms with Crippen molar-refractivity contribution in [1.29, 1.82) is 0 Å². The number of carbonyl (C=O) groups excluding carboxylic acids is 2. The number of carbonyl (C=O) groups is 2. The van der Waals surface area contributed by atoms with Crippen molar-refractivity contribution in [3.63, 3.8) is 0 Å². The molecular weight excluding hydrogens is 554 g/mol. The van der Waals surface area contributed by atoms with Gasteiger partial charge in [-0.1, -0.05) is 54.6 Å². The van der Waals surface area contributed by atoms with E-state index in [2.05, 4.69) is 5.32 Å². The largest absolute Gasteiger partial charge is 0.486 e. The fourth-order valence-corrected chi connectivity index (χ4v) is 5.62. The number of benzene rings is 3. The quantitative estimate of drug-likeness (QED) is 0.380. The number of ether oxygens (including phenoxy) is 2. The first-order chi connectivity index (χ1) is 19.8. The predicted molar refractivity (Wildman–Crippen MR) is 163 cm³/mol. The van der Waals surface area contributed by atoms with E-state index in [-0.39, 0.29) is 24.6 Å². The van der Waals surface area contributed by atoms with Crippen LogP contribution >= 0.6 is 0 Å². The minimum atomic E-state index is -3.90. The molecule has 0 radical (unpaired) electrons. The zero-order valence-electron chi connectivity index (χ0n) is 24.8. The molecule has 4 rings (SSSR count). The number of anilines is 1. The summed E-state index contributed by atoms with van der Waals surface area (Å²) in [5.74, 6) is 0.0814. The van der Waals surface area contributed by atoms with Gasteiger partial charge in [-0.05, 0) is 56.5 Å². The van der Waals surface area contributed by atoms with Gasteiger partial charge in [0.1, 0.15) is 25.8 Å². The molecule has 9 nitrogen and oxygen atoms in total. The molecular formula is C32H39N3O6S. The third-order valence-corrected chi connectivity index (χ3v) is 8.00. The molecule has 0 fully saturated rings. The van der Waals surface area contributed by atoms with Crippen LogP contribution in [0.25, 0.3) is 0 Å². The van der Waals surface area contributed by atoms with Crippen LogP contribution in [0.2, 0.25) is 0 Å². The Bertz CT molecular complexity index is 1520. The second-order valence-corrected chi connectivity index (χ2v) is 13.4. The number of rotatable bonds is 10. The van der Waals surface area contributed by atoms with Crippen LogP contribution < -0.4 is 19.1 Å². The minimum Gasteiger partial charge on any atom is -0.486 e. The van der Waals surface area contributed by atoms with Crippen molar-refractivity contribution in [3.8, 4) is 11.5 Å². The lowest BCUT2D eigenvalue weighted by molar-refractivity contribution is -0.140. The zero-order chi connectivity index (χ0) is 30.5. The molecule has 224 valence electrons. The maximum Gasteiger partial charge on any atom is 0.244 e. The number of hydrogen-bond donors (Lipinski definition) is 1. The van der Waals surface area contributed by atoms with Crippen molar-refractivity contribution in [2.75, 3.05) is 30.3 Å². The van der Waals surface area contributed by atoms with Gasteiger partial charge in [0.15, 0.2) is 11.5 Å². The van der Waals surface area contributed by atoms with E-state index in [0.29, 0.717) is 24.7 Å². The van der Waals surface area contributed by atoms with Gasteiger partial charge in [-0.25, -0.2) is 8.42 Å². The van der Waals surface area contributed by atoms with E-state index in [9.17, 15) is 18.0 Å². The number of amides is 2. The highest BCUT2D eigenvalue weighted by Crippen LogP contribution is 2.35. The van der Waals surface area contributed by atoms with Gasteiger partial charge in [0.05, 0.1) is 11.9 Å². The van der Waals surface area contributed by atoms with Crippen molar-refractivity contribution >= 4 is 27.5 Å². The first-order valence-corrected chi connectivity index (χ1v) is 15.7. The molecule has 1 aliphatic rings. The molecule has 0 bridgehead atoms. The Kier molecular flexibility index (Phi) is 9.46. The van der Waals surface area contributed by atoms with Crippen LogP contribution in [0.4, 0.5) is 5.69 Å². The molecule has 1 N–H and O–H groups in total. The van der Waals surface area contributed by atoms with Crippen LogP contribution in [-0.2, 0) is 32.6 Å². The number of hydrogen-bond acceptors (Lipinski definition) is 6. The summed E-state index contributed by atoms with van der Waals surface area (Å²) >= 11 is 0. The molecule has 10 heteroatoms. The highest BCUT2D eigenvalue weighted by molar-refractivity contribution is 7.92. The van der Waals surface area contributed by atoms with Gasteiger partial charge >= 0.3 is 0 Å². The SMILES string of the molecule is Cc1ccccc1CN(C(=O)CN(c1ccc2c(c1)OCCO2)S(C)(=O)=O)[C@@H](Cc1ccccc1)C(=O)NC(C)(C)C. The Morgan fingerprint density at radius 1 is 0.929 bits per heavy atom. The van der Waals surface area contributed by atoms with Crippen molar-refractivity contribution < 1.29 is 27.5 Å². The zero-order valence-corrected chi connectivity index (χ0v) is 25.6. The van der Waals surface area contributed by atoms with E-state index < -0.39 is 34.1 Å². The number of aryl methyl sites for hydroxylation is 1. The molecule has 2 amide bonds. The van der Waals surface area contributed by atoms with E-state index in [1.165, 1.54) is 4.90 Å². The van der Waals surface area contributed by atoms with E-state index in [4.69, 9.17) is 9.47 Å². The van der Waals surface area contributed by atoms with Gasteiger partial charge in [-0.2, -0.15) is 0 Å². The van der Waals surface area contributed by atoms with Gasteiger partial charge < -0.3 is 19.7 Å². The molecule has 1 aliphatic heterocycles. The molecule has 0 aliphatic carbocycles. The Balaban J connectivity index is 1.75. The van der Waals surface area contributed by atoms with Crippen LogP contribution in [0, 0.1) is 6.92 Å². The van der Waals surface area contributed by atoms with Crippen molar-refractivity contribution in [1.82, 2.24) is 10.2 Å². The Labute approximate surface area is 248 Å². The third-order valence-electron chi connectivity index (χ3n) is 6.86.